The van der Waals surface area contributed by atoms with E-state index >= 15 is 0 Å². The van der Waals surface area contributed by atoms with Crippen LogP contribution >= 0.6 is 0 Å². The van der Waals surface area contributed by atoms with Crippen LogP contribution < -0.4 is 9.21 Å². The average molecular weight is 480 g/mol. The van der Waals surface area contributed by atoms with Gasteiger partial charge < -0.3 is 9.80 Å². The second-order valence-corrected chi connectivity index (χ2v) is 10.4. The fourth-order valence-corrected chi connectivity index (χ4v) is 6.29. The van der Waals surface area contributed by atoms with Gasteiger partial charge in [0.2, 0.25) is 0 Å². The molecule has 5 rings (SSSR count). The van der Waals surface area contributed by atoms with Crippen molar-refractivity contribution in [2.24, 2.45) is 0 Å². The summed E-state index contributed by atoms with van der Waals surface area (Å²) in [5, 5.41) is 0. The number of nitrogens with zero attached hydrogens (tertiary/aromatic N) is 3. The van der Waals surface area contributed by atoms with Crippen molar-refractivity contribution in [3.63, 3.8) is 0 Å². The summed E-state index contributed by atoms with van der Waals surface area (Å²) >= 11 is 0. The minimum absolute atomic E-state index is 0.111. The Hall–Kier alpha value is -3.39. The van der Waals surface area contributed by atoms with Gasteiger partial charge in [-0.2, -0.15) is 0 Å². The molecule has 0 aliphatic carbocycles. The average Bonchev–Trinajstić information content (AvgIpc) is 2.88. The highest BCUT2D eigenvalue weighted by atomic mass is 32.2. The van der Waals surface area contributed by atoms with Crippen LogP contribution in [-0.2, 0) is 16.4 Å². The van der Waals surface area contributed by atoms with Crippen LogP contribution in [0.25, 0.3) is 0 Å². The summed E-state index contributed by atoms with van der Waals surface area (Å²) in [4.78, 5) is 16.9. The highest BCUT2D eigenvalue weighted by Crippen LogP contribution is 2.32. The summed E-state index contributed by atoms with van der Waals surface area (Å²) in [5.41, 5.74) is 2.59. The Morgan fingerprint density at radius 3 is 2.26 bits per heavy atom. The molecule has 6 nitrogen and oxygen atoms in total. The number of benzene rings is 3. The molecule has 2 heterocycles. The Morgan fingerprint density at radius 2 is 1.50 bits per heavy atom. The molecule has 2 aliphatic heterocycles. The van der Waals surface area contributed by atoms with Gasteiger partial charge in [0.1, 0.15) is 5.82 Å². The third-order valence-corrected chi connectivity index (χ3v) is 8.31. The monoisotopic (exact) mass is 479 g/mol. The number of para-hydroxylation sites is 2. The molecule has 3 aromatic rings. The summed E-state index contributed by atoms with van der Waals surface area (Å²) in [6, 6.07) is 20.4. The van der Waals surface area contributed by atoms with Crippen molar-refractivity contribution >= 4 is 27.3 Å². The van der Waals surface area contributed by atoms with Gasteiger partial charge in [0, 0.05) is 38.3 Å². The van der Waals surface area contributed by atoms with Crippen molar-refractivity contribution in [3.8, 4) is 0 Å². The number of sulfonamides is 1. The first-order chi connectivity index (χ1) is 16.4. The van der Waals surface area contributed by atoms with E-state index in [1.165, 1.54) is 16.4 Å². The normalized spacial score (nSPS) is 16.3. The first-order valence-corrected chi connectivity index (χ1v) is 12.9. The van der Waals surface area contributed by atoms with Gasteiger partial charge in [0.15, 0.2) is 0 Å². The molecule has 1 fully saturated rings. The van der Waals surface area contributed by atoms with E-state index in [1.807, 2.05) is 29.2 Å². The molecule has 2 aliphatic rings. The Labute approximate surface area is 199 Å². The van der Waals surface area contributed by atoms with E-state index in [-0.39, 0.29) is 16.6 Å². The van der Waals surface area contributed by atoms with E-state index in [0.717, 1.165) is 18.4 Å². The van der Waals surface area contributed by atoms with Gasteiger partial charge in [-0.3, -0.25) is 9.10 Å². The quantitative estimate of drug-likeness (QED) is 0.569. The van der Waals surface area contributed by atoms with Crippen LogP contribution in [0.15, 0.2) is 77.7 Å². The number of amides is 1. The van der Waals surface area contributed by atoms with E-state index in [2.05, 4.69) is 0 Å². The Balaban J connectivity index is 1.34. The van der Waals surface area contributed by atoms with Gasteiger partial charge in [0.05, 0.1) is 16.3 Å². The standard InChI is InChI=1S/C26H26FN3O3S/c27-23-11-2-4-13-25(23)28-15-17-29(18-16-28)26(31)21-8-5-10-22(19-21)34(32,33)30-14-6-9-20-7-1-3-12-24(20)30/h1-5,7-8,10-13,19H,6,9,14-18H2. The van der Waals surface area contributed by atoms with Crippen LogP contribution in [0.2, 0.25) is 0 Å². The third-order valence-electron chi connectivity index (χ3n) is 6.50. The molecule has 0 radical (unpaired) electrons. The Morgan fingerprint density at radius 1 is 0.794 bits per heavy atom. The lowest BCUT2D eigenvalue weighted by Gasteiger charge is -2.36. The second kappa shape index (κ2) is 9.10. The number of fused-ring (bicyclic) bond motifs is 1. The van der Waals surface area contributed by atoms with Gasteiger partial charge in [-0.25, -0.2) is 12.8 Å². The van der Waals surface area contributed by atoms with E-state index in [9.17, 15) is 17.6 Å². The van der Waals surface area contributed by atoms with E-state index in [4.69, 9.17) is 0 Å². The van der Waals surface area contributed by atoms with Crippen LogP contribution in [0.4, 0.5) is 15.8 Å². The molecule has 8 heteroatoms. The molecule has 0 bridgehead atoms. The predicted octanol–water partition coefficient (Wildman–Crippen LogP) is 3.93. The molecular weight excluding hydrogens is 453 g/mol. The van der Waals surface area contributed by atoms with Crippen molar-refractivity contribution in [2.45, 2.75) is 17.7 Å². The first kappa shape index (κ1) is 22.4. The fourth-order valence-electron chi connectivity index (χ4n) is 4.71. The zero-order chi connectivity index (χ0) is 23.7. The fraction of sp³-hybridized carbons (Fsp3) is 0.269. The zero-order valence-corrected chi connectivity index (χ0v) is 19.5. The number of aryl methyl sites for hydroxylation is 1. The predicted molar refractivity (Wildman–Crippen MR) is 130 cm³/mol. The van der Waals surface area contributed by atoms with Crippen molar-refractivity contribution < 1.29 is 17.6 Å². The van der Waals surface area contributed by atoms with Crippen molar-refractivity contribution in [1.29, 1.82) is 0 Å². The van der Waals surface area contributed by atoms with Gasteiger partial charge in [-0.1, -0.05) is 36.4 Å². The summed E-state index contributed by atoms with van der Waals surface area (Å²) in [7, 11) is -3.80. The number of piperazine rings is 1. The van der Waals surface area contributed by atoms with Crippen LogP contribution in [-0.4, -0.2) is 51.9 Å². The lowest BCUT2D eigenvalue weighted by atomic mass is 10.0. The topological polar surface area (TPSA) is 60.9 Å². The Kier molecular flexibility index (Phi) is 6.00. The largest absolute Gasteiger partial charge is 0.366 e. The zero-order valence-electron chi connectivity index (χ0n) is 18.7. The SMILES string of the molecule is O=C(c1cccc(S(=O)(=O)N2CCCc3ccccc32)c1)N1CCN(c2ccccc2F)CC1. The third kappa shape index (κ3) is 4.14. The highest BCUT2D eigenvalue weighted by Gasteiger charge is 2.30. The van der Waals surface area contributed by atoms with E-state index < -0.39 is 10.0 Å². The Bertz CT molecular complexity index is 1320. The molecule has 3 aromatic carbocycles. The maximum atomic E-state index is 14.1. The minimum Gasteiger partial charge on any atom is -0.366 e. The van der Waals surface area contributed by atoms with Gasteiger partial charge in [-0.05, 0) is 54.8 Å². The number of rotatable bonds is 4. The molecule has 34 heavy (non-hydrogen) atoms. The molecule has 0 aromatic heterocycles. The molecular formula is C26H26FN3O3S. The van der Waals surface area contributed by atoms with Crippen molar-refractivity contribution in [3.05, 3.63) is 89.7 Å². The number of halogens is 1. The first-order valence-electron chi connectivity index (χ1n) is 11.4. The molecule has 0 spiro atoms. The molecule has 0 saturated carbocycles. The molecule has 0 N–H and O–H groups in total. The summed E-state index contributed by atoms with van der Waals surface area (Å²) < 4.78 is 42.5. The van der Waals surface area contributed by atoms with Crippen LogP contribution in [0, 0.1) is 5.82 Å². The highest BCUT2D eigenvalue weighted by molar-refractivity contribution is 7.92. The van der Waals surface area contributed by atoms with Crippen LogP contribution in [0.5, 0.6) is 0 Å². The molecule has 1 amide bonds. The number of hydrogen-bond acceptors (Lipinski definition) is 4. The lowest BCUT2D eigenvalue weighted by molar-refractivity contribution is 0.0746. The van der Waals surface area contributed by atoms with Crippen LogP contribution in [0.3, 0.4) is 0 Å². The van der Waals surface area contributed by atoms with Crippen molar-refractivity contribution in [2.75, 3.05) is 41.9 Å². The molecule has 0 unspecified atom stereocenters. The smallest absolute Gasteiger partial charge is 0.264 e. The minimum atomic E-state index is -3.80. The van der Waals surface area contributed by atoms with Gasteiger partial charge in [0.25, 0.3) is 15.9 Å². The number of carbonyl (C=O) groups is 1. The van der Waals surface area contributed by atoms with E-state index in [0.29, 0.717) is 49.7 Å². The second-order valence-electron chi connectivity index (χ2n) is 8.57. The van der Waals surface area contributed by atoms with Gasteiger partial charge in [-0.15, -0.1) is 0 Å². The molecule has 1 saturated heterocycles. The number of carbonyl (C=O) groups excluding carboxylic acids is 1. The summed E-state index contributed by atoms with van der Waals surface area (Å²) in [5.74, 6) is -0.497. The lowest BCUT2D eigenvalue weighted by Crippen LogP contribution is -2.49. The number of anilines is 2. The summed E-state index contributed by atoms with van der Waals surface area (Å²) in [6.07, 6.45) is 1.60. The van der Waals surface area contributed by atoms with Crippen LogP contribution in [0.1, 0.15) is 22.3 Å². The molecule has 0 atom stereocenters. The van der Waals surface area contributed by atoms with Gasteiger partial charge >= 0.3 is 0 Å². The maximum absolute atomic E-state index is 14.1. The maximum Gasteiger partial charge on any atom is 0.264 e. The van der Waals surface area contributed by atoms with E-state index in [1.54, 1.807) is 41.3 Å². The number of hydrogen-bond donors (Lipinski definition) is 0. The molecule has 176 valence electrons. The van der Waals surface area contributed by atoms with Crippen molar-refractivity contribution in [1.82, 2.24) is 4.90 Å². The summed E-state index contributed by atoms with van der Waals surface area (Å²) in [6.45, 7) is 2.30.